The van der Waals surface area contributed by atoms with Crippen molar-refractivity contribution in [3.8, 4) is 11.5 Å². The SMILES string of the molecule is Br.COC(=O)C1(C(=O)OC)Oc2cccc(CC(C)NCC(O)c3cccc(Cl)c3)c2O1. The van der Waals surface area contributed by atoms with E-state index < -0.39 is 23.8 Å². The maximum absolute atomic E-state index is 12.3. The van der Waals surface area contributed by atoms with E-state index in [2.05, 4.69) is 14.8 Å². The van der Waals surface area contributed by atoms with Gasteiger partial charge in [-0.15, -0.1) is 17.0 Å². The molecule has 8 nitrogen and oxygen atoms in total. The standard InChI is InChI=1S/C22H24ClNO7.BrH/c1-13(24-12-17(25)14-6-4-8-16(23)11-14)10-15-7-5-9-18-19(15)31-22(30-18,20(26)28-2)21(27)29-3;/h4-9,11,13,17,24-25H,10,12H2,1-3H3;1H. The van der Waals surface area contributed by atoms with E-state index in [1.807, 2.05) is 6.92 Å². The second-order valence-corrected chi connectivity index (χ2v) is 7.57. The molecule has 1 aliphatic heterocycles. The Morgan fingerprint density at radius 2 is 1.78 bits per heavy atom. The van der Waals surface area contributed by atoms with Gasteiger partial charge in [-0.1, -0.05) is 35.9 Å². The molecule has 0 saturated heterocycles. The number of carbonyl (C=O) groups excluding carboxylic acids is 2. The van der Waals surface area contributed by atoms with Crippen LogP contribution in [0.15, 0.2) is 42.5 Å². The number of para-hydroxylation sites is 1. The number of carbonyl (C=O) groups is 2. The number of esters is 2. The molecule has 0 spiro atoms. The molecule has 0 fully saturated rings. The number of methoxy groups -OCH3 is 2. The molecule has 32 heavy (non-hydrogen) atoms. The van der Waals surface area contributed by atoms with E-state index in [4.69, 9.17) is 21.1 Å². The van der Waals surface area contributed by atoms with Gasteiger partial charge in [0.1, 0.15) is 0 Å². The predicted octanol–water partition coefficient (Wildman–Crippen LogP) is 2.99. The summed E-state index contributed by atoms with van der Waals surface area (Å²) >= 11 is 5.98. The van der Waals surface area contributed by atoms with E-state index in [-0.39, 0.29) is 34.5 Å². The highest BCUT2D eigenvalue weighted by Crippen LogP contribution is 2.43. The van der Waals surface area contributed by atoms with Crippen molar-refractivity contribution in [1.29, 1.82) is 0 Å². The van der Waals surface area contributed by atoms with E-state index in [9.17, 15) is 14.7 Å². The van der Waals surface area contributed by atoms with Crippen LogP contribution in [0, 0.1) is 0 Å². The summed E-state index contributed by atoms with van der Waals surface area (Å²) in [5.41, 5.74) is 1.43. The average Bonchev–Trinajstić information content (AvgIpc) is 3.18. The first-order chi connectivity index (χ1) is 14.8. The lowest BCUT2D eigenvalue weighted by Crippen LogP contribution is -2.55. The first-order valence-electron chi connectivity index (χ1n) is 9.64. The Labute approximate surface area is 201 Å². The van der Waals surface area contributed by atoms with Gasteiger partial charge in [-0.3, -0.25) is 0 Å². The summed E-state index contributed by atoms with van der Waals surface area (Å²) in [6.07, 6.45) is -0.249. The fourth-order valence-electron chi connectivity index (χ4n) is 3.30. The zero-order valence-electron chi connectivity index (χ0n) is 17.8. The normalized spacial score (nSPS) is 15.3. The fraction of sp³-hybridized carbons (Fsp3) is 0.364. The Morgan fingerprint density at radius 1 is 1.12 bits per heavy atom. The molecule has 0 saturated carbocycles. The zero-order chi connectivity index (χ0) is 22.6. The molecule has 1 aliphatic rings. The van der Waals surface area contributed by atoms with Crippen molar-refractivity contribution in [1.82, 2.24) is 5.32 Å². The van der Waals surface area contributed by atoms with E-state index in [1.165, 1.54) is 0 Å². The van der Waals surface area contributed by atoms with Crippen LogP contribution < -0.4 is 14.8 Å². The largest absolute Gasteiger partial charge is 0.463 e. The number of hydrogen-bond donors (Lipinski definition) is 2. The number of ether oxygens (including phenoxy) is 4. The summed E-state index contributed by atoms with van der Waals surface area (Å²) < 4.78 is 20.6. The van der Waals surface area contributed by atoms with Crippen LogP contribution >= 0.6 is 28.6 Å². The van der Waals surface area contributed by atoms with Crippen LogP contribution in [-0.4, -0.2) is 49.6 Å². The topological polar surface area (TPSA) is 103 Å². The monoisotopic (exact) mass is 529 g/mol. The molecule has 2 aromatic carbocycles. The van der Waals surface area contributed by atoms with Gasteiger partial charge in [-0.05, 0) is 42.7 Å². The molecule has 0 aliphatic carbocycles. The first-order valence-corrected chi connectivity index (χ1v) is 10.0. The molecule has 0 amide bonds. The fourth-order valence-corrected chi connectivity index (χ4v) is 3.50. The minimum Gasteiger partial charge on any atom is -0.463 e. The highest BCUT2D eigenvalue weighted by Gasteiger charge is 2.59. The lowest BCUT2D eigenvalue weighted by molar-refractivity contribution is -0.199. The van der Waals surface area contributed by atoms with Crippen LogP contribution in [0.4, 0.5) is 0 Å². The van der Waals surface area contributed by atoms with Crippen LogP contribution in [0.3, 0.4) is 0 Å². The Hall–Kier alpha value is -2.33. The van der Waals surface area contributed by atoms with Gasteiger partial charge in [0.05, 0.1) is 20.3 Å². The second kappa shape index (κ2) is 11.0. The Morgan fingerprint density at radius 3 is 2.41 bits per heavy atom. The molecule has 0 radical (unpaired) electrons. The summed E-state index contributed by atoms with van der Waals surface area (Å²) in [6, 6.07) is 12.1. The van der Waals surface area contributed by atoms with Gasteiger partial charge in [-0.25, -0.2) is 9.59 Å². The number of halogens is 2. The van der Waals surface area contributed by atoms with Crippen molar-refractivity contribution in [3.63, 3.8) is 0 Å². The number of benzene rings is 2. The minimum atomic E-state index is -2.33. The third-order valence-corrected chi connectivity index (χ3v) is 5.12. The Kier molecular flexibility index (Phi) is 8.91. The lowest BCUT2D eigenvalue weighted by Gasteiger charge is -2.21. The van der Waals surface area contributed by atoms with Crippen molar-refractivity contribution < 1.29 is 33.6 Å². The lowest BCUT2D eigenvalue weighted by atomic mass is 10.0. The predicted molar refractivity (Wildman–Crippen MR) is 122 cm³/mol. The molecule has 0 bridgehead atoms. The average molecular weight is 531 g/mol. The van der Waals surface area contributed by atoms with E-state index in [0.717, 1.165) is 14.2 Å². The van der Waals surface area contributed by atoms with E-state index >= 15 is 0 Å². The molecular weight excluding hydrogens is 506 g/mol. The van der Waals surface area contributed by atoms with Crippen LogP contribution in [0.2, 0.25) is 5.02 Å². The highest BCUT2D eigenvalue weighted by molar-refractivity contribution is 8.93. The summed E-state index contributed by atoms with van der Waals surface area (Å²) in [4.78, 5) is 24.5. The molecule has 1 heterocycles. The minimum absolute atomic E-state index is 0. The van der Waals surface area contributed by atoms with Gasteiger partial charge in [0.2, 0.25) is 0 Å². The number of nitrogens with one attached hydrogen (secondary N) is 1. The van der Waals surface area contributed by atoms with Gasteiger partial charge in [0.15, 0.2) is 11.5 Å². The van der Waals surface area contributed by atoms with Crippen LogP contribution in [0.1, 0.15) is 24.2 Å². The van der Waals surface area contributed by atoms with Crippen molar-refractivity contribution in [2.75, 3.05) is 20.8 Å². The molecular formula is C22H25BrClNO7. The third-order valence-electron chi connectivity index (χ3n) is 4.89. The maximum atomic E-state index is 12.3. The molecule has 2 N–H and O–H groups in total. The number of rotatable bonds is 8. The van der Waals surface area contributed by atoms with E-state index in [0.29, 0.717) is 29.1 Å². The summed E-state index contributed by atoms with van der Waals surface area (Å²) in [6.45, 7) is 2.25. The molecule has 0 aromatic heterocycles. The molecule has 3 rings (SSSR count). The molecule has 10 heteroatoms. The third kappa shape index (κ3) is 5.35. The number of aliphatic hydroxyl groups is 1. The second-order valence-electron chi connectivity index (χ2n) is 7.13. The van der Waals surface area contributed by atoms with Gasteiger partial charge < -0.3 is 29.4 Å². The zero-order valence-corrected chi connectivity index (χ0v) is 20.3. The molecule has 2 unspecified atom stereocenters. The van der Waals surface area contributed by atoms with Crippen LogP contribution in [-0.2, 0) is 25.5 Å². The Bertz CT molecular complexity index is 955. The summed E-state index contributed by atoms with van der Waals surface area (Å²) in [7, 11) is 2.25. The number of aliphatic hydroxyl groups excluding tert-OH is 1. The highest BCUT2D eigenvalue weighted by atomic mass is 79.9. The first kappa shape index (κ1) is 25.9. The summed E-state index contributed by atoms with van der Waals surface area (Å²) in [5.74, 6) is -3.86. The van der Waals surface area contributed by atoms with E-state index in [1.54, 1.807) is 42.5 Å². The van der Waals surface area contributed by atoms with Gasteiger partial charge in [-0.2, -0.15) is 0 Å². The summed E-state index contributed by atoms with van der Waals surface area (Å²) in [5, 5.41) is 14.2. The number of fused-ring (bicyclic) bond motifs is 1. The molecule has 2 atom stereocenters. The van der Waals surface area contributed by atoms with Gasteiger partial charge >= 0.3 is 17.7 Å². The van der Waals surface area contributed by atoms with Crippen LogP contribution in [0.5, 0.6) is 11.5 Å². The van der Waals surface area contributed by atoms with Gasteiger partial charge in [0.25, 0.3) is 0 Å². The van der Waals surface area contributed by atoms with Crippen molar-refractivity contribution >= 4 is 40.5 Å². The quantitative estimate of drug-likeness (QED) is 0.397. The molecule has 2 aromatic rings. The number of hydrogen-bond acceptors (Lipinski definition) is 8. The smallest absolute Gasteiger partial charge is 0.453 e. The van der Waals surface area contributed by atoms with Crippen molar-refractivity contribution in [2.24, 2.45) is 0 Å². The Balaban J connectivity index is 0.00000363. The van der Waals surface area contributed by atoms with Crippen LogP contribution in [0.25, 0.3) is 0 Å². The maximum Gasteiger partial charge on any atom is 0.453 e. The van der Waals surface area contributed by atoms with Crippen molar-refractivity contribution in [3.05, 3.63) is 58.6 Å². The van der Waals surface area contributed by atoms with Crippen molar-refractivity contribution in [2.45, 2.75) is 31.3 Å². The van der Waals surface area contributed by atoms with Gasteiger partial charge in [0, 0.05) is 17.6 Å². The molecule has 174 valence electrons.